The first-order chi connectivity index (χ1) is 11.7. The van der Waals surface area contributed by atoms with Crippen molar-refractivity contribution < 1.29 is 0 Å². The van der Waals surface area contributed by atoms with E-state index in [0.717, 1.165) is 25.7 Å². The minimum atomic E-state index is 0.712. The normalized spacial score (nSPS) is 16.0. The van der Waals surface area contributed by atoms with Crippen LogP contribution in [0, 0.1) is 5.92 Å². The molecule has 1 N–H and O–H groups in total. The van der Waals surface area contributed by atoms with Crippen molar-refractivity contribution in [2.45, 2.75) is 39.3 Å². The summed E-state index contributed by atoms with van der Waals surface area (Å²) < 4.78 is 0. The van der Waals surface area contributed by atoms with E-state index < -0.39 is 0 Å². The van der Waals surface area contributed by atoms with Gasteiger partial charge in [0.25, 0.3) is 0 Å². The molecule has 1 fully saturated rings. The molecule has 2 nitrogen and oxygen atoms in total. The Hall–Kier alpha value is -1.64. The maximum Gasteiger partial charge on any atom is 0.0236 e. The summed E-state index contributed by atoms with van der Waals surface area (Å²) in [6, 6.07) is 20.5. The maximum absolute atomic E-state index is 3.49. The lowest BCUT2D eigenvalue weighted by atomic mass is 10.0. The molecule has 0 radical (unpaired) electrons. The molecule has 3 rings (SSSR count). The van der Waals surface area contributed by atoms with Crippen LogP contribution < -0.4 is 5.32 Å². The van der Waals surface area contributed by atoms with Crippen LogP contribution in [-0.2, 0) is 6.54 Å². The van der Waals surface area contributed by atoms with Gasteiger partial charge in [0.2, 0.25) is 0 Å². The number of hydrogen-bond acceptors (Lipinski definition) is 2. The van der Waals surface area contributed by atoms with E-state index in [2.05, 4.69) is 78.7 Å². The standard InChI is InChI=1S/C22H30N2/c1-18(2)16-24(22-12-14-23-15-13-22)17-19-8-10-21(11-9-19)20-6-4-3-5-7-20/h3-11,18,22-23H,12-17H2,1-2H3. The zero-order chi connectivity index (χ0) is 16.8. The molecule has 24 heavy (non-hydrogen) atoms. The molecular formula is C22H30N2. The lowest BCUT2D eigenvalue weighted by Gasteiger charge is -2.36. The molecule has 0 unspecified atom stereocenters. The zero-order valence-corrected chi connectivity index (χ0v) is 15.0. The monoisotopic (exact) mass is 322 g/mol. The molecule has 1 aliphatic rings. The average molecular weight is 322 g/mol. The van der Waals surface area contributed by atoms with E-state index in [1.54, 1.807) is 0 Å². The lowest BCUT2D eigenvalue weighted by molar-refractivity contribution is 0.137. The Balaban J connectivity index is 1.69. The predicted molar refractivity (Wildman–Crippen MR) is 103 cm³/mol. The quantitative estimate of drug-likeness (QED) is 0.838. The Morgan fingerprint density at radius 1 is 0.917 bits per heavy atom. The molecule has 1 heterocycles. The fourth-order valence-electron chi connectivity index (χ4n) is 3.65. The maximum atomic E-state index is 3.49. The Morgan fingerprint density at radius 3 is 2.17 bits per heavy atom. The van der Waals surface area contributed by atoms with Gasteiger partial charge in [-0.05, 0) is 48.5 Å². The largest absolute Gasteiger partial charge is 0.317 e. The van der Waals surface area contributed by atoms with Crippen molar-refractivity contribution in [1.82, 2.24) is 10.2 Å². The smallest absolute Gasteiger partial charge is 0.0236 e. The van der Waals surface area contributed by atoms with Gasteiger partial charge in [-0.1, -0.05) is 68.4 Å². The first kappa shape index (κ1) is 17.2. The minimum absolute atomic E-state index is 0.712. The van der Waals surface area contributed by atoms with E-state index in [0.29, 0.717) is 5.92 Å². The molecule has 2 aromatic carbocycles. The van der Waals surface area contributed by atoms with Crippen molar-refractivity contribution in [3.8, 4) is 11.1 Å². The Kier molecular flexibility index (Phi) is 6.06. The highest BCUT2D eigenvalue weighted by Crippen LogP contribution is 2.22. The van der Waals surface area contributed by atoms with Gasteiger partial charge in [-0.15, -0.1) is 0 Å². The van der Waals surface area contributed by atoms with Gasteiger partial charge in [0.05, 0.1) is 0 Å². The molecule has 1 saturated heterocycles. The zero-order valence-electron chi connectivity index (χ0n) is 15.0. The molecule has 0 aliphatic carbocycles. The second-order valence-electron chi connectivity index (χ2n) is 7.37. The minimum Gasteiger partial charge on any atom is -0.317 e. The summed E-state index contributed by atoms with van der Waals surface area (Å²) in [4.78, 5) is 2.70. The van der Waals surface area contributed by atoms with E-state index >= 15 is 0 Å². The Labute approximate surface area is 146 Å². The van der Waals surface area contributed by atoms with Crippen molar-refractivity contribution in [2.24, 2.45) is 5.92 Å². The summed E-state index contributed by atoms with van der Waals surface area (Å²) in [5.74, 6) is 0.712. The number of hydrogen-bond donors (Lipinski definition) is 1. The highest BCUT2D eigenvalue weighted by molar-refractivity contribution is 5.63. The fraction of sp³-hybridized carbons (Fsp3) is 0.455. The second kappa shape index (κ2) is 8.46. The summed E-state index contributed by atoms with van der Waals surface area (Å²) in [6.07, 6.45) is 2.55. The number of rotatable bonds is 6. The van der Waals surface area contributed by atoms with Crippen molar-refractivity contribution in [1.29, 1.82) is 0 Å². The van der Waals surface area contributed by atoms with E-state index in [1.807, 2.05) is 0 Å². The first-order valence-electron chi connectivity index (χ1n) is 9.31. The third-order valence-corrected chi connectivity index (χ3v) is 4.87. The van der Waals surface area contributed by atoms with Crippen LogP contribution in [-0.4, -0.2) is 30.6 Å². The van der Waals surface area contributed by atoms with E-state index in [4.69, 9.17) is 0 Å². The fourth-order valence-corrected chi connectivity index (χ4v) is 3.65. The number of nitrogens with one attached hydrogen (secondary N) is 1. The third-order valence-electron chi connectivity index (χ3n) is 4.87. The van der Waals surface area contributed by atoms with Crippen molar-refractivity contribution in [3.05, 3.63) is 60.2 Å². The molecule has 0 saturated carbocycles. The van der Waals surface area contributed by atoms with Crippen LogP contribution >= 0.6 is 0 Å². The van der Waals surface area contributed by atoms with Gasteiger partial charge in [-0.2, -0.15) is 0 Å². The molecular weight excluding hydrogens is 292 g/mol. The second-order valence-corrected chi connectivity index (χ2v) is 7.37. The number of benzene rings is 2. The molecule has 2 heteroatoms. The van der Waals surface area contributed by atoms with Crippen molar-refractivity contribution >= 4 is 0 Å². The highest BCUT2D eigenvalue weighted by Gasteiger charge is 2.21. The van der Waals surface area contributed by atoms with Gasteiger partial charge in [-0.25, -0.2) is 0 Å². The van der Waals surface area contributed by atoms with E-state index in [9.17, 15) is 0 Å². The van der Waals surface area contributed by atoms with Crippen LogP contribution in [0.25, 0.3) is 11.1 Å². The number of nitrogens with zero attached hydrogens (tertiary/aromatic N) is 1. The molecule has 0 amide bonds. The van der Waals surface area contributed by atoms with Crippen LogP contribution in [0.5, 0.6) is 0 Å². The summed E-state index contributed by atoms with van der Waals surface area (Å²) in [5.41, 5.74) is 4.02. The van der Waals surface area contributed by atoms with Crippen LogP contribution in [0.3, 0.4) is 0 Å². The molecule has 0 bridgehead atoms. The van der Waals surface area contributed by atoms with Gasteiger partial charge < -0.3 is 5.32 Å². The van der Waals surface area contributed by atoms with E-state index in [-0.39, 0.29) is 0 Å². The first-order valence-corrected chi connectivity index (χ1v) is 9.31. The molecule has 128 valence electrons. The Morgan fingerprint density at radius 2 is 1.54 bits per heavy atom. The summed E-state index contributed by atoms with van der Waals surface area (Å²) in [6.45, 7) is 9.22. The third kappa shape index (κ3) is 4.68. The van der Waals surface area contributed by atoms with Gasteiger partial charge in [0.1, 0.15) is 0 Å². The molecule has 1 aliphatic heterocycles. The van der Waals surface area contributed by atoms with Crippen LogP contribution in [0.15, 0.2) is 54.6 Å². The highest BCUT2D eigenvalue weighted by atomic mass is 15.2. The van der Waals surface area contributed by atoms with Gasteiger partial charge in [0, 0.05) is 19.1 Å². The van der Waals surface area contributed by atoms with Crippen molar-refractivity contribution in [3.63, 3.8) is 0 Å². The summed E-state index contributed by atoms with van der Waals surface area (Å²) in [7, 11) is 0. The molecule has 0 atom stereocenters. The summed E-state index contributed by atoms with van der Waals surface area (Å²) >= 11 is 0. The van der Waals surface area contributed by atoms with Gasteiger partial charge in [0.15, 0.2) is 0 Å². The lowest BCUT2D eigenvalue weighted by Crippen LogP contribution is -2.44. The summed E-state index contributed by atoms with van der Waals surface area (Å²) in [5, 5.41) is 3.49. The van der Waals surface area contributed by atoms with Gasteiger partial charge in [-0.3, -0.25) is 4.90 Å². The van der Waals surface area contributed by atoms with Crippen molar-refractivity contribution in [2.75, 3.05) is 19.6 Å². The SMILES string of the molecule is CC(C)CN(Cc1ccc(-c2ccccc2)cc1)C1CCNCC1. The Bertz CT molecular complexity index is 598. The van der Waals surface area contributed by atoms with Gasteiger partial charge >= 0.3 is 0 Å². The van der Waals surface area contributed by atoms with Crippen LogP contribution in [0.4, 0.5) is 0 Å². The topological polar surface area (TPSA) is 15.3 Å². The number of piperidine rings is 1. The predicted octanol–water partition coefficient (Wildman–Crippen LogP) is 4.56. The van der Waals surface area contributed by atoms with E-state index in [1.165, 1.54) is 36.1 Å². The van der Waals surface area contributed by atoms with Crippen LogP contribution in [0.2, 0.25) is 0 Å². The molecule has 2 aromatic rings. The average Bonchev–Trinajstić information content (AvgIpc) is 2.63. The molecule has 0 spiro atoms. The molecule has 0 aromatic heterocycles. The van der Waals surface area contributed by atoms with Crippen LogP contribution in [0.1, 0.15) is 32.3 Å².